The zero-order valence-corrected chi connectivity index (χ0v) is 17.3. The summed E-state index contributed by atoms with van der Waals surface area (Å²) in [7, 11) is 3.84. The first-order chi connectivity index (χ1) is 12.1. The highest BCUT2D eigenvalue weighted by Gasteiger charge is 2.48. The van der Waals surface area contributed by atoms with Gasteiger partial charge in [0.1, 0.15) is 25.2 Å². The zero-order chi connectivity index (χ0) is 17.8. The van der Waals surface area contributed by atoms with E-state index < -0.39 is 18.2 Å². The Balaban J connectivity index is 1.77. The van der Waals surface area contributed by atoms with Gasteiger partial charge in [0.2, 0.25) is 0 Å². The van der Waals surface area contributed by atoms with Crippen molar-refractivity contribution in [3.63, 3.8) is 0 Å². The van der Waals surface area contributed by atoms with E-state index in [2.05, 4.69) is 15.9 Å². The molecule has 9 atom stereocenters. The normalized spacial score (nSPS) is 38.1. The Kier molecular flexibility index (Phi) is 7.18. The van der Waals surface area contributed by atoms with Crippen molar-refractivity contribution in [3.8, 4) is 0 Å². The van der Waals surface area contributed by atoms with E-state index in [1.54, 1.807) is 0 Å². The molecule has 2 fully saturated rings. The SMILES string of the molecule is [3H]N(CP)C1[C@@H](O)[C@H]2OC(PPC)OCC2O[C@H]1Sc1ccccc1. The Labute approximate surface area is 154 Å². The molecule has 2 N–H and O–H groups in total. The van der Waals surface area contributed by atoms with Crippen LogP contribution in [0.3, 0.4) is 0 Å². The first kappa shape index (κ1) is 18.0. The second kappa shape index (κ2) is 9.55. The van der Waals surface area contributed by atoms with Gasteiger partial charge in [-0.15, -0.1) is 9.24 Å². The molecule has 6 unspecified atom stereocenters. The lowest BCUT2D eigenvalue weighted by molar-refractivity contribution is -0.276. The standard InChI is InChI=1S/C15H24NO4P3S/c1-22-23-15-18-7-10-13(20-15)12(17)11(16-8-21)14(19-10)24-9-5-3-2-4-6-9/h2-6,10-17,22-23H,7-8,21H2,1H3/t10?,11?,12-,13+,14+,15?/m1/s1/i/hT. The minimum Gasteiger partial charge on any atom is -0.389 e. The van der Waals surface area contributed by atoms with Crippen LogP contribution >= 0.6 is 37.5 Å². The highest BCUT2D eigenvalue weighted by Crippen LogP contribution is 2.44. The molecule has 24 heavy (non-hydrogen) atoms. The molecule has 2 saturated heterocycles. The summed E-state index contributed by atoms with van der Waals surface area (Å²) in [5.41, 5.74) is -0.365. The van der Waals surface area contributed by atoms with Gasteiger partial charge in [0.05, 0.1) is 12.6 Å². The maximum absolute atomic E-state index is 11.0. The van der Waals surface area contributed by atoms with E-state index in [-0.39, 0.29) is 17.6 Å². The Hall–Kier alpha value is 0.660. The highest BCUT2D eigenvalue weighted by atomic mass is 32.2. The Morgan fingerprint density at radius 3 is 2.92 bits per heavy atom. The van der Waals surface area contributed by atoms with Gasteiger partial charge in [-0.1, -0.05) is 38.2 Å². The molecule has 0 radical (unpaired) electrons. The van der Waals surface area contributed by atoms with Gasteiger partial charge in [-0.05, 0) is 27.1 Å². The second-order valence-corrected chi connectivity index (χ2v) is 10.6. The molecule has 0 amide bonds. The molecular formula is C15H24NO4P3S. The van der Waals surface area contributed by atoms with Gasteiger partial charge >= 0.3 is 0 Å². The molecule has 5 nitrogen and oxygen atoms in total. The molecule has 3 rings (SSSR count). The van der Waals surface area contributed by atoms with Crippen molar-refractivity contribution in [1.82, 2.24) is 5.31 Å². The second-order valence-electron chi connectivity index (χ2n) is 5.48. The lowest BCUT2D eigenvalue weighted by Crippen LogP contribution is -2.65. The average Bonchev–Trinajstić information content (AvgIpc) is 2.63. The molecular weight excluding hydrogens is 383 g/mol. The minimum atomic E-state index is -0.797. The van der Waals surface area contributed by atoms with E-state index >= 15 is 0 Å². The van der Waals surface area contributed by atoms with E-state index in [0.29, 0.717) is 21.2 Å². The summed E-state index contributed by atoms with van der Waals surface area (Å²) in [4.78, 5) is 1.05. The number of hydrogen-bond donors (Lipinski definition) is 2. The number of hydrogen-bond acceptors (Lipinski definition) is 6. The van der Waals surface area contributed by atoms with Crippen LogP contribution in [-0.4, -0.2) is 60.5 Å². The maximum Gasteiger partial charge on any atom is 0.177 e. The molecule has 2 aliphatic heterocycles. The quantitative estimate of drug-likeness (QED) is 0.703. The fraction of sp³-hybridized carbons (Fsp3) is 0.600. The third kappa shape index (κ3) is 4.68. The van der Waals surface area contributed by atoms with Crippen LogP contribution in [-0.2, 0) is 14.2 Å². The summed E-state index contributed by atoms with van der Waals surface area (Å²) < 4.78 is 26.2. The summed E-state index contributed by atoms with van der Waals surface area (Å²) in [6.45, 7) is 2.53. The smallest absolute Gasteiger partial charge is 0.177 e. The number of thioether (sulfide) groups is 1. The number of aliphatic hydroxyl groups is 1. The fourth-order valence-corrected chi connectivity index (χ4v) is 6.02. The summed E-state index contributed by atoms with van der Waals surface area (Å²) >= 11 is 1.53. The van der Waals surface area contributed by atoms with Crippen LogP contribution in [0.15, 0.2) is 35.2 Å². The number of ether oxygens (including phenoxy) is 3. The molecule has 2 heterocycles. The van der Waals surface area contributed by atoms with Crippen LogP contribution in [0.2, 0.25) is 1.41 Å². The van der Waals surface area contributed by atoms with Crippen LogP contribution in [0.25, 0.3) is 0 Å². The zero-order valence-electron chi connectivity index (χ0n) is 14.4. The van der Waals surface area contributed by atoms with Crippen LogP contribution in [0.5, 0.6) is 0 Å². The van der Waals surface area contributed by atoms with Gasteiger partial charge in [-0.3, -0.25) is 0 Å². The number of rotatable bonds is 6. The largest absolute Gasteiger partial charge is 0.389 e. The third-order valence-corrected chi connectivity index (χ3v) is 7.68. The molecule has 1 aromatic carbocycles. The van der Waals surface area contributed by atoms with Gasteiger partial charge in [0.25, 0.3) is 0 Å². The average molecular weight is 409 g/mol. The molecule has 0 bridgehead atoms. The van der Waals surface area contributed by atoms with E-state index in [9.17, 15) is 5.11 Å². The number of nitrogens with one attached hydrogen (secondary N) is 1. The van der Waals surface area contributed by atoms with Gasteiger partial charge in [0.15, 0.2) is 6.03 Å². The molecule has 2 aliphatic rings. The fourth-order valence-electron chi connectivity index (χ4n) is 2.81. The van der Waals surface area contributed by atoms with Gasteiger partial charge < -0.3 is 24.6 Å². The summed E-state index contributed by atoms with van der Waals surface area (Å²) in [6, 6.07) is 9.17. The van der Waals surface area contributed by atoms with Crippen LogP contribution in [0.4, 0.5) is 0 Å². The molecule has 134 valence electrons. The van der Waals surface area contributed by atoms with E-state index in [4.69, 9.17) is 15.6 Å². The lowest BCUT2D eigenvalue weighted by Gasteiger charge is -2.48. The molecule has 0 saturated carbocycles. The Bertz CT molecular complexity index is 549. The van der Waals surface area contributed by atoms with Gasteiger partial charge in [0, 0.05) is 11.2 Å². The third-order valence-electron chi connectivity index (χ3n) is 3.91. The minimum absolute atomic E-state index is 0.267. The van der Waals surface area contributed by atoms with Crippen molar-refractivity contribution in [2.24, 2.45) is 0 Å². The predicted molar refractivity (Wildman–Crippen MR) is 106 cm³/mol. The van der Waals surface area contributed by atoms with Gasteiger partial charge in [-0.2, -0.15) is 0 Å². The van der Waals surface area contributed by atoms with Crippen molar-refractivity contribution >= 4 is 37.5 Å². The van der Waals surface area contributed by atoms with E-state index in [0.717, 1.165) is 13.2 Å². The van der Waals surface area contributed by atoms with Crippen LogP contribution < -0.4 is 5.31 Å². The van der Waals surface area contributed by atoms with Crippen molar-refractivity contribution in [2.75, 3.05) is 19.6 Å². The first-order valence-electron chi connectivity index (χ1n) is 8.29. The van der Waals surface area contributed by atoms with Crippen molar-refractivity contribution < 1.29 is 20.7 Å². The Morgan fingerprint density at radius 1 is 1.42 bits per heavy atom. The van der Waals surface area contributed by atoms with Gasteiger partial charge in [-0.25, -0.2) is 0 Å². The molecule has 9 heteroatoms. The van der Waals surface area contributed by atoms with E-state index in [1.165, 1.54) is 17.1 Å². The number of benzene rings is 1. The number of fused-ring (bicyclic) bond motifs is 1. The van der Waals surface area contributed by atoms with Crippen molar-refractivity contribution in [1.29, 1.82) is 0 Å². The molecule has 0 aliphatic carbocycles. The summed E-state index contributed by atoms with van der Waals surface area (Å²) in [5.74, 6) is 0. The first-order valence-corrected chi connectivity index (χ1v) is 13.1. The predicted octanol–water partition coefficient (Wildman–Crippen LogP) is 2.26. The maximum atomic E-state index is 11.0. The van der Waals surface area contributed by atoms with Crippen LogP contribution in [0, 0.1) is 0 Å². The molecule has 0 aromatic heterocycles. The van der Waals surface area contributed by atoms with Crippen molar-refractivity contribution in [2.45, 2.75) is 40.7 Å². The highest BCUT2D eigenvalue weighted by molar-refractivity contribution is 8.11. The lowest BCUT2D eigenvalue weighted by atomic mass is 9.97. The summed E-state index contributed by atoms with van der Waals surface area (Å²) in [5, 5.41) is 12.3. The Morgan fingerprint density at radius 2 is 2.21 bits per heavy atom. The topological polar surface area (TPSA) is 60.0 Å². The number of aliphatic hydroxyl groups excluding tert-OH is 1. The van der Waals surface area contributed by atoms with E-state index in [1.807, 2.05) is 30.3 Å². The monoisotopic (exact) mass is 409 g/mol. The molecule has 0 spiro atoms. The van der Waals surface area contributed by atoms with Crippen molar-refractivity contribution in [3.05, 3.63) is 30.3 Å². The molecule has 1 aromatic rings. The van der Waals surface area contributed by atoms with Crippen LogP contribution in [0.1, 0.15) is 0 Å². The summed E-state index contributed by atoms with van der Waals surface area (Å²) in [6.07, 6.45) is -1.14.